The number of fused-ring (bicyclic) bond motifs is 2. The second-order valence-electron chi connectivity index (χ2n) is 16.6. The number of piperidine rings is 1. The molecule has 0 bridgehead atoms. The summed E-state index contributed by atoms with van der Waals surface area (Å²) in [6.07, 6.45) is -8.09. The molecule has 2 N–H and O–H groups in total. The van der Waals surface area contributed by atoms with Crippen LogP contribution in [0.1, 0.15) is 82.0 Å². The van der Waals surface area contributed by atoms with Gasteiger partial charge < -0.3 is 25.2 Å². The van der Waals surface area contributed by atoms with Gasteiger partial charge in [-0.25, -0.2) is 4.79 Å². The van der Waals surface area contributed by atoms with E-state index in [1.54, 1.807) is 51.1 Å². The Morgan fingerprint density at radius 1 is 0.877 bits per heavy atom. The summed E-state index contributed by atoms with van der Waals surface area (Å²) in [5.41, 5.74) is 1.66. The van der Waals surface area contributed by atoms with E-state index >= 15 is 0 Å². The zero-order valence-corrected chi connectivity index (χ0v) is 32.9. The summed E-state index contributed by atoms with van der Waals surface area (Å²) >= 11 is 0. The van der Waals surface area contributed by atoms with Gasteiger partial charge in [0.15, 0.2) is 11.6 Å². The molecule has 0 radical (unpaired) electrons. The summed E-state index contributed by atoms with van der Waals surface area (Å²) in [6, 6.07) is 12.8. The van der Waals surface area contributed by atoms with Crippen LogP contribution in [0.5, 0.6) is 0 Å². The van der Waals surface area contributed by atoms with Crippen molar-refractivity contribution < 1.29 is 51.5 Å². The molecule has 1 unspecified atom stereocenters. The molecule has 1 saturated carbocycles. The van der Waals surface area contributed by atoms with Crippen LogP contribution in [0, 0.1) is 23.7 Å². The lowest BCUT2D eigenvalue weighted by atomic mass is 9.86. The summed E-state index contributed by atoms with van der Waals surface area (Å²) in [4.78, 5) is 96.6. The quantitative estimate of drug-likeness (QED) is 0.227. The standard InChI is InChI=1S/C42H51F3N4O8/c1-41(2,3)57-40(56)47-35(28-19-25-13-9-10-14-26(25)20-28)39(55)49-23-29-21-30(29)36(49)32(51)22-27(17-18-42(43,44)45)37(53)31(50)15-16-33(52)46-34(38(54)48(4)5)24-11-7-6-8-12-24/h6-14,27-30,34-36H,15-23H2,1-5H3,(H,46,52)(H,47,56)/t27?,29-,30-,34-,35-,36-/m0/s1. The number of amides is 4. The number of ketones is 3. The SMILES string of the molecule is CN(C)C(=O)[C@@H](NC(=O)CCC(=O)C(=O)C(CCC(F)(F)F)CC(=O)[C@@H]1[C@H]2C[C@H]2CN1C(=O)[C@@H](NC(=O)OC(C)(C)C)C1Cc2ccccc2C1)c1ccccc1. The predicted octanol–water partition coefficient (Wildman–Crippen LogP) is 4.92. The minimum atomic E-state index is -4.69. The van der Waals surface area contributed by atoms with E-state index in [0.29, 0.717) is 24.8 Å². The topological polar surface area (TPSA) is 159 Å². The zero-order chi connectivity index (χ0) is 41.8. The number of rotatable bonds is 16. The number of ether oxygens (including phenoxy) is 1. The van der Waals surface area contributed by atoms with E-state index in [1.807, 2.05) is 24.3 Å². The average molecular weight is 797 g/mol. The molecule has 1 heterocycles. The van der Waals surface area contributed by atoms with Gasteiger partial charge in [-0.3, -0.25) is 28.8 Å². The van der Waals surface area contributed by atoms with E-state index < -0.39 is 109 Å². The van der Waals surface area contributed by atoms with Crippen molar-refractivity contribution in [2.75, 3.05) is 20.6 Å². The summed E-state index contributed by atoms with van der Waals surface area (Å²) in [5, 5.41) is 5.31. The van der Waals surface area contributed by atoms with Crippen LogP contribution in [0.25, 0.3) is 0 Å². The largest absolute Gasteiger partial charge is 0.444 e. The lowest BCUT2D eigenvalue weighted by Crippen LogP contribution is -2.56. The fourth-order valence-electron chi connectivity index (χ4n) is 7.96. The Morgan fingerprint density at radius 3 is 2.07 bits per heavy atom. The number of hydrogen-bond acceptors (Lipinski definition) is 8. The molecule has 15 heteroatoms. The molecule has 2 aromatic carbocycles. The Morgan fingerprint density at radius 2 is 1.49 bits per heavy atom. The van der Waals surface area contributed by atoms with Gasteiger partial charge in [0.25, 0.3) is 0 Å². The molecule has 1 saturated heterocycles. The van der Waals surface area contributed by atoms with Gasteiger partial charge in [0.05, 0.1) is 6.04 Å². The Labute approximate surface area is 330 Å². The summed E-state index contributed by atoms with van der Waals surface area (Å²) < 4.78 is 45.9. The van der Waals surface area contributed by atoms with E-state index in [2.05, 4.69) is 10.6 Å². The Kier molecular flexibility index (Phi) is 13.3. The highest BCUT2D eigenvalue weighted by Gasteiger charge is 2.58. The number of carbonyl (C=O) groups is 7. The third-order valence-corrected chi connectivity index (χ3v) is 10.8. The lowest BCUT2D eigenvalue weighted by Gasteiger charge is -2.34. The van der Waals surface area contributed by atoms with Gasteiger partial charge in [-0.1, -0.05) is 54.6 Å². The highest BCUT2D eigenvalue weighted by atomic mass is 19.4. The van der Waals surface area contributed by atoms with Crippen molar-refractivity contribution in [3.63, 3.8) is 0 Å². The number of hydrogen-bond donors (Lipinski definition) is 2. The molecule has 1 aliphatic heterocycles. The maximum Gasteiger partial charge on any atom is 0.408 e. The molecular weight excluding hydrogens is 745 g/mol. The molecule has 5 rings (SSSR count). The number of likely N-dealkylation sites (N-methyl/N-ethyl adjacent to an activating group) is 1. The first-order valence-corrected chi connectivity index (χ1v) is 19.3. The highest BCUT2D eigenvalue weighted by molar-refractivity contribution is 6.38. The van der Waals surface area contributed by atoms with E-state index in [1.165, 1.54) is 23.9 Å². The normalized spacial score (nSPS) is 20.4. The number of nitrogens with zero attached hydrogens (tertiary/aromatic N) is 2. The number of benzene rings is 2. The molecule has 308 valence electrons. The van der Waals surface area contributed by atoms with Crippen molar-refractivity contribution in [1.29, 1.82) is 0 Å². The van der Waals surface area contributed by atoms with Crippen molar-refractivity contribution in [1.82, 2.24) is 20.4 Å². The van der Waals surface area contributed by atoms with Crippen LogP contribution in [0.3, 0.4) is 0 Å². The Bertz CT molecular complexity index is 1840. The summed E-state index contributed by atoms with van der Waals surface area (Å²) in [5.74, 6) is -6.98. The molecule has 3 aliphatic rings. The predicted molar refractivity (Wildman–Crippen MR) is 201 cm³/mol. The molecule has 2 fully saturated rings. The lowest BCUT2D eigenvalue weighted by molar-refractivity contribution is -0.148. The maximum atomic E-state index is 14.4. The van der Waals surface area contributed by atoms with Crippen LogP contribution < -0.4 is 10.6 Å². The third-order valence-electron chi connectivity index (χ3n) is 10.8. The highest BCUT2D eigenvalue weighted by Crippen LogP contribution is 2.51. The van der Waals surface area contributed by atoms with Crippen molar-refractivity contribution in [2.24, 2.45) is 23.7 Å². The van der Waals surface area contributed by atoms with Crippen LogP contribution in [0.4, 0.5) is 18.0 Å². The molecule has 0 spiro atoms. The van der Waals surface area contributed by atoms with Crippen LogP contribution in [-0.2, 0) is 46.3 Å². The van der Waals surface area contributed by atoms with Crippen molar-refractivity contribution in [3.05, 3.63) is 71.3 Å². The number of nitrogens with one attached hydrogen (secondary N) is 2. The first kappa shape index (κ1) is 43.1. The number of alkyl halides is 3. The monoisotopic (exact) mass is 796 g/mol. The van der Waals surface area contributed by atoms with Gasteiger partial charge in [-0.15, -0.1) is 0 Å². The molecule has 2 aromatic rings. The van der Waals surface area contributed by atoms with Crippen LogP contribution in [0.15, 0.2) is 54.6 Å². The number of alkyl carbamates (subject to hydrolysis) is 1. The molecule has 6 atom stereocenters. The average Bonchev–Trinajstić information content (AvgIpc) is 3.58. The van der Waals surface area contributed by atoms with Crippen LogP contribution in [-0.4, -0.2) is 95.5 Å². The minimum absolute atomic E-state index is 0.0330. The number of halogens is 3. The fraction of sp³-hybridized carbons (Fsp3) is 0.548. The molecule has 0 aromatic heterocycles. The van der Waals surface area contributed by atoms with Gasteiger partial charge in [0, 0.05) is 52.2 Å². The van der Waals surface area contributed by atoms with E-state index in [0.717, 1.165) is 11.1 Å². The van der Waals surface area contributed by atoms with Crippen molar-refractivity contribution in [3.8, 4) is 0 Å². The van der Waals surface area contributed by atoms with Gasteiger partial charge >= 0.3 is 12.3 Å². The minimum Gasteiger partial charge on any atom is -0.444 e. The van der Waals surface area contributed by atoms with E-state index in [-0.39, 0.29) is 24.3 Å². The van der Waals surface area contributed by atoms with E-state index in [4.69, 9.17) is 4.74 Å². The van der Waals surface area contributed by atoms with Gasteiger partial charge in [0.1, 0.15) is 17.7 Å². The van der Waals surface area contributed by atoms with Gasteiger partial charge in [0.2, 0.25) is 23.5 Å². The number of carbonyl (C=O) groups excluding carboxylic acids is 7. The zero-order valence-electron chi connectivity index (χ0n) is 32.9. The molecule has 4 amide bonds. The Balaban J connectivity index is 1.29. The van der Waals surface area contributed by atoms with Crippen molar-refractivity contribution >= 4 is 41.2 Å². The molecule has 12 nitrogen and oxygen atoms in total. The third kappa shape index (κ3) is 11.3. The molecule has 2 aliphatic carbocycles. The van der Waals surface area contributed by atoms with Gasteiger partial charge in [-0.2, -0.15) is 13.2 Å². The second kappa shape index (κ2) is 17.6. The van der Waals surface area contributed by atoms with Crippen LogP contribution in [0.2, 0.25) is 0 Å². The van der Waals surface area contributed by atoms with Crippen LogP contribution >= 0.6 is 0 Å². The number of Topliss-reactive ketones (excluding diaryl/α,β-unsaturated/α-hetero) is 3. The Hall–Kier alpha value is -5.08. The maximum absolute atomic E-state index is 14.4. The fourth-order valence-corrected chi connectivity index (χ4v) is 7.96. The van der Waals surface area contributed by atoms with Crippen molar-refractivity contribution in [2.45, 2.75) is 102 Å². The van der Waals surface area contributed by atoms with E-state index in [9.17, 15) is 46.7 Å². The summed E-state index contributed by atoms with van der Waals surface area (Å²) in [7, 11) is 3.01. The smallest absolute Gasteiger partial charge is 0.408 e. The first-order chi connectivity index (χ1) is 26.7. The molecular formula is C42H51F3N4O8. The first-order valence-electron chi connectivity index (χ1n) is 19.3. The molecule has 57 heavy (non-hydrogen) atoms. The second-order valence-corrected chi connectivity index (χ2v) is 16.6. The summed E-state index contributed by atoms with van der Waals surface area (Å²) in [6.45, 7) is 5.25. The van der Waals surface area contributed by atoms with Gasteiger partial charge in [-0.05, 0) is 80.9 Å². The number of likely N-dealkylation sites (tertiary alicyclic amines) is 1.